The maximum absolute atomic E-state index is 13.4. The average Bonchev–Trinajstić information content (AvgIpc) is 3.43. The standard InChI is InChI=1S/C23H19N5O2S2/c29-32(30,20-14-8-3-9-15-20)27(19-12-6-2-7-13-19)17-16-21-24-25-23-28(21)26-22(31-23)18-10-4-1-5-11-18/h1-15H,16-17H2. The van der Waals surface area contributed by atoms with Crippen molar-refractivity contribution in [3.63, 3.8) is 0 Å². The van der Waals surface area contributed by atoms with Gasteiger partial charge in [-0.25, -0.2) is 8.42 Å². The smallest absolute Gasteiger partial charge is 0.264 e. The lowest BCUT2D eigenvalue weighted by Crippen LogP contribution is -2.33. The molecule has 5 aromatic rings. The second-order valence-corrected chi connectivity index (χ2v) is 9.88. The number of sulfonamides is 1. The zero-order chi connectivity index (χ0) is 22.0. The third-order valence-electron chi connectivity index (χ3n) is 4.99. The highest BCUT2D eigenvalue weighted by molar-refractivity contribution is 7.92. The molecule has 7 nitrogen and oxygen atoms in total. The van der Waals surface area contributed by atoms with Gasteiger partial charge in [0.2, 0.25) is 4.96 Å². The molecule has 3 aromatic carbocycles. The van der Waals surface area contributed by atoms with Gasteiger partial charge in [-0.05, 0) is 24.3 Å². The fraction of sp³-hybridized carbons (Fsp3) is 0.0870. The van der Waals surface area contributed by atoms with Crippen LogP contribution in [-0.4, -0.2) is 34.8 Å². The van der Waals surface area contributed by atoms with Crippen LogP contribution in [0.3, 0.4) is 0 Å². The number of hydrogen-bond donors (Lipinski definition) is 0. The highest BCUT2D eigenvalue weighted by Crippen LogP contribution is 2.26. The summed E-state index contributed by atoms with van der Waals surface area (Å²) in [5.41, 5.74) is 1.60. The summed E-state index contributed by atoms with van der Waals surface area (Å²) >= 11 is 1.45. The monoisotopic (exact) mass is 461 g/mol. The molecule has 9 heteroatoms. The Morgan fingerprint density at radius 2 is 1.44 bits per heavy atom. The summed E-state index contributed by atoms with van der Waals surface area (Å²) in [4.78, 5) is 0.922. The number of benzene rings is 3. The molecule has 0 amide bonds. The van der Waals surface area contributed by atoms with Crippen LogP contribution in [0.2, 0.25) is 0 Å². The van der Waals surface area contributed by atoms with Gasteiger partial charge in [0, 0.05) is 18.5 Å². The van der Waals surface area contributed by atoms with Crippen LogP contribution in [-0.2, 0) is 16.4 Å². The zero-order valence-corrected chi connectivity index (χ0v) is 18.6. The van der Waals surface area contributed by atoms with Crippen molar-refractivity contribution >= 4 is 32.0 Å². The number of para-hydroxylation sites is 1. The summed E-state index contributed by atoms with van der Waals surface area (Å²) in [5, 5.41) is 14.0. The molecule has 0 radical (unpaired) electrons. The van der Waals surface area contributed by atoms with Crippen LogP contribution in [0.4, 0.5) is 5.69 Å². The van der Waals surface area contributed by atoms with Gasteiger partial charge in [-0.3, -0.25) is 4.31 Å². The molecule has 0 aliphatic carbocycles. The molecule has 2 aromatic heterocycles. The normalized spacial score (nSPS) is 11.6. The minimum Gasteiger partial charge on any atom is -0.266 e. The van der Waals surface area contributed by atoms with Gasteiger partial charge in [0.15, 0.2) is 5.82 Å². The molecule has 2 heterocycles. The SMILES string of the molecule is O=S(=O)(c1ccccc1)N(CCc1nnc2sc(-c3ccccc3)nn12)c1ccccc1. The predicted octanol–water partition coefficient (Wildman–Crippen LogP) is 4.29. The van der Waals surface area contributed by atoms with Crippen LogP contribution >= 0.6 is 11.3 Å². The number of fused-ring (bicyclic) bond motifs is 1. The molecular formula is C23H19N5O2S2. The van der Waals surface area contributed by atoms with E-state index in [2.05, 4.69) is 15.3 Å². The predicted molar refractivity (Wildman–Crippen MR) is 125 cm³/mol. The highest BCUT2D eigenvalue weighted by Gasteiger charge is 2.25. The first-order valence-corrected chi connectivity index (χ1v) is 12.3. The molecule has 0 atom stereocenters. The number of aromatic nitrogens is 4. The Bertz CT molecular complexity index is 1430. The second kappa shape index (κ2) is 8.52. The van der Waals surface area contributed by atoms with Crippen molar-refractivity contribution in [2.24, 2.45) is 0 Å². The van der Waals surface area contributed by atoms with E-state index in [9.17, 15) is 8.42 Å². The van der Waals surface area contributed by atoms with E-state index in [-0.39, 0.29) is 11.4 Å². The lowest BCUT2D eigenvalue weighted by atomic mass is 10.2. The van der Waals surface area contributed by atoms with Crippen molar-refractivity contribution in [3.05, 3.63) is 96.8 Å². The fourth-order valence-electron chi connectivity index (χ4n) is 3.41. The Morgan fingerprint density at radius 3 is 2.12 bits per heavy atom. The molecule has 0 spiro atoms. The Labute approximate surface area is 189 Å². The van der Waals surface area contributed by atoms with Crippen LogP contribution in [0, 0.1) is 0 Å². The summed E-state index contributed by atoms with van der Waals surface area (Å²) in [5.74, 6) is 0.614. The minimum atomic E-state index is -3.74. The summed E-state index contributed by atoms with van der Waals surface area (Å²) in [7, 11) is -3.74. The summed E-state index contributed by atoms with van der Waals surface area (Å²) in [6, 6.07) is 27.4. The van der Waals surface area contributed by atoms with E-state index in [0.29, 0.717) is 22.9 Å². The topological polar surface area (TPSA) is 80.5 Å². The molecule has 0 unspecified atom stereocenters. The van der Waals surface area contributed by atoms with Gasteiger partial charge in [-0.1, -0.05) is 78.1 Å². The highest BCUT2D eigenvalue weighted by atomic mass is 32.2. The summed E-state index contributed by atoms with van der Waals surface area (Å²) in [6.07, 6.45) is 0.361. The largest absolute Gasteiger partial charge is 0.266 e. The van der Waals surface area contributed by atoms with E-state index in [4.69, 9.17) is 0 Å². The van der Waals surface area contributed by atoms with E-state index < -0.39 is 10.0 Å². The van der Waals surface area contributed by atoms with Crippen molar-refractivity contribution in [2.75, 3.05) is 10.8 Å². The van der Waals surface area contributed by atoms with Gasteiger partial charge in [0.05, 0.1) is 10.6 Å². The second-order valence-electron chi connectivity index (χ2n) is 7.06. The van der Waals surface area contributed by atoms with Gasteiger partial charge in [-0.2, -0.15) is 9.61 Å². The molecule has 0 bridgehead atoms. The third kappa shape index (κ3) is 3.88. The maximum atomic E-state index is 13.4. The van der Waals surface area contributed by atoms with E-state index >= 15 is 0 Å². The zero-order valence-electron chi connectivity index (χ0n) is 16.9. The first-order valence-electron chi connectivity index (χ1n) is 10.0. The quantitative estimate of drug-likeness (QED) is 0.361. The number of rotatable bonds is 7. The molecule has 0 N–H and O–H groups in total. The van der Waals surface area contributed by atoms with Crippen molar-refractivity contribution in [3.8, 4) is 10.6 Å². The van der Waals surface area contributed by atoms with Crippen LogP contribution < -0.4 is 4.31 Å². The third-order valence-corrected chi connectivity index (χ3v) is 7.78. The van der Waals surface area contributed by atoms with Gasteiger partial charge >= 0.3 is 0 Å². The van der Waals surface area contributed by atoms with Crippen LogP contribution in [0.15, 0.2) is 95.9 Å². The van der Waals surface area contributed by atoms with Gasteiger partial charge in [-0.15, -0.1) is 10.2 Å². The van der Waals surface area contributed by atoms with Gasteiger partial charge in [0.25, 0.3) is 10.0 Å². The Kier molecular flexibility index (Phi) is 5.42. The molecule has 32 heavy (non-hydrogen) atoms. The van der Waals surface area contributed by atoms with Crippen molar-refractivity contribution in [1.82, 2.24) is 19.8 Å². The summed E-state index contributed by atoms with van der Waals surface area (Å²) in [6.45, 7) is 0.209. The molecule has 0 saturated heterocycles. The lowest BCUT2D eigenvalue weighted by Gasteiger charge is -2.24. The fourth-order valence-corrected chi connectivity index (χ4v) is 5.76. The first kappa shape index (κ1) is 20.3. The Morgan fingerprint density at radius 1 is 0.812 bits per heavy atom. The van der Waals surface area contributed by atoms with Crippen LogP contribution in [0.1, 0.15) is 5.82 Å². The van der Waals surface area contributed by atoms with E-state index in [0.717, 1.165) is 10.6 Å². The van der Waals surface area contributed by atoms with E-state index in [1.54, 1.807) is 47.0 Å². The van der Waals surface area contributed by atoms with Crippen LogP contribution in [0.25, 0.3) is 15.5 Å². The molecular weight excluding hydrogens is 442 g/mol. The first-order chi connectivity index (χ1) is 15.6. The molecule has 0 saturated carbocycles. The molecule has 0 aliphatic heterocycles. The van der Waals surface area contributed by atoms with Crippen molar-refractivity contribution in [1.29, 1.82) is 0 Å². The molecule has 0 aliphatic rings. The number of nitrogens with zero attached hydrogens (tertiary/aromatic N) is 5. The van der Waals surface area contributed by atoms with Gasteiger partial charge in [0.1, 0.15) is 5.01 Å². The molecule has 0 fully saturated rings. The Balaban J connectivity index is 1.46. The van der Waals surface area contributed by atoms with Crippen molar-refractivity contribution < 1.29 is 8.42 Å². The number of hydrogen-bond acceptors (Lipinski definition) is 6. The number of anilines is 1. The minimum absolute atomic E-state index is 0.209. The van der Waals surface area contributed by atoms with E-state index in [1.165, 1.54) is 15.6 Å². The Hall–Kier alpha value is -3.56. The lowest BCUT2D eigenvalue weighted by molar-refractivity contribution is 0.590. The molecule has 160 valence electrons. The average molecular weight is 462 g/mol. The van der Waals surface area contributed by atoms with Crippen molar-refractivity contribution in [2.45, 2.75) is 11.3 Å². The maximum Gasteiger partial charge on any atom is 0.264 e. The molecule has 5 rings (SSSR count). The summed E-state index contributed by atoms with van der Waals surface area (Å²) < 4.78 is 29.9. The van der Waals surface area contributed by atoms with Gasteiger partial charge < -0.3 is 0 Å². The van der Waals surface area contributed by atoms with Crippen LogP contribution in [0.5, 0.6) is 0 Å². The van der Waals surface area contributed by atoms with E-state index in [1.807, 2.05) is 48.5 Å².